The average molecular weight is 323 g/mol. The second-order valence-corrected chi connectivity index (χ2v) is 6.04. The van der Waals surface area contributed by atoms with Gasteiger partial charge in [0.15, 0.2) is 5.65 Å². The molecule has 0 aliphatic carbocycles. The summed E-state index contributed by atoms with van der Waals surface area (Å²) in [6, 6.07) is 11.6. The number of rotatable bonds is 5. The summed E-state index contributed by atoms with van der Waals surface area (Å²) in [6.45, 7) is 5.75. The molecule has 5 heteroatoms. The highest BCUT2D eigenvalue weighted by atomic mass is 16.4. The van der Waals surface area contributed by atoms with Gasteiger partial charge in [-0.15, -0.1) is 0 Å². The number of hydrogen-bond acceptors (Lipinski definition) is 3. The van der Waals surface area contributed by atoms with Crippen LogP contribution in [0.2, 0.25) is 0 Å². The van der Waals surface area contributed by atoms with Gasteiger partial charge in [-0.05, 0) is 31.4 Å². The zero-order chi connectivity index (χ0) is 17.3. The Morgan fingerprint density at radius 2 is 1.88 bits per heavy atom. The number of carboxylic acids is 1. The van der Waals surface area contributed by atoms with E-state index < -0.39 is 11.5 Å². The van der Waals surface area contributed by atoms with E-state index in [0.717, 1.165) is 16.6 Å². The van der Waals surface area contributed by atoms with Crippen molar-refractivity contribution in [1.29, 1.82) is 0 Å². The highest BCUT2D eigenvalue weighted by Crippen LogP contribution is 2.35. The normalized spacial score (nSPS) is 11.8. The quantitative estimate of drug-likeness (QED) is 0.770. The predicted octanol–water partition coefficient (Wildman–Crippen LogP) is 4.01. The van der Waals surface area contributed by atoms with Crippen molar-refractivity contribution in [3.05, 3.63) is 48.2 Å². The molecule has 1 N–H and O–H groups in total. The fourth-order valence-electron chi connectivity index (χ4n) is 3.22. The van der Waals surface area contributed by atoms with Crippen LogP contribution < -0.4 is 0 Å². The molecule has 0 aliphatic heterocycles. The van der Waals surface area contributed by atoms with Crippen LogP contribution in [-0.4, -0.2) is 25.6 Å². The molecule has 124 valence electrons. The van der Waals surface area contributed by atoms with Crippen LogP contribution in [0.25, 0.3) is 22.6 Å². The van der Waals surface area contributed by atoms with Gasteiger partial charge in [0.2, 0.25) is 0 Å². The smallest absolute Gasteiger partial charge is 0.329 e. The number of aryl methyl sites for hydroxylation is 1. The molecule has 0 aliphatic rings. The third kappa shape index (κ3) is 2.37. The SMILES string of the molecule is CCC(CC)(C(=O)O)n1c(-c2ccccc2)nc2cc(C)cnc21. The number of carboxylic acid groups (broad SMARTS) is 1. The predicted molar refractivity (Wildman–Crippen MR) is 93.9 cm³/mol. The molecule has 0 spiro atoms. The molecule has 1 aromatic carbocycles. The minimum atomic E-state index is -1.07. The number of imidazole rings is 1. The van der Waals surface area contributed by atoms with E-state index in [1.165, 1.54) is 0 Å². The maximum atomic E-state index is 12.2. The maximum absolute atomic E-state index is 12.2. The largest absolute Gasteiger partial charge is 0.479 e. The summed E-state index contributed by atoms with van der Waals surface area (Å²) in [5, 5.41) is 10.0. The first-order valence-electron chi connectivity index (χ1n) is 8.18. The van der Waals surface area contributed by atoms with Gasteiger partial charge in [0.1, 0.15) is 16.9 Å². The molecule has 0 bridgehead atoms. The third-order valence-electron chi connectivity index (χ3n) is 4.66. The van der Waals surface area contributed by atoms with Crippen LogP contribution in [0.1, 0.15) is 32.3 Å². The molecule has 0 saturated carbocycles. The number of hydrogen-bond donors (Lipinski definition) is 1. The molecular formula is C19H21N3O2. The fourth-order valence-corrected chi connectivity index (χ4v) is 3.22. The van der Waals surface area contributed by atoms with Gasteiger partial charge >= 0.3 is 5.97 Å². The molecule has 0 fully saturated rings. The van der Waals surface area contributed by atoms with Crippen LogP contribution in [-0.2, 0) is 10.3 Å². The van der Waals surface area contributed by atoms with Crippen molar-refractivity contribution in [3.63, 3.8) is 0 Å². The number of benzene rings is 1. The second kappa shape index (κ2) is 6.07. The number of aromatic nitrogens is 3. The Hall–Kier alpha value is -2.69. The molecular weight excluding hydrogens is 302 g/mol. The highest BCUT2D eigenvalue weighted by Gasteiger charge is 2.40. The fraction of sp³-hybridized carbons (Fsp3) is 0.316. The van der Waals surface area contributed by atoms with Crippen LogP contribution in [0.15, 0.2) is 42.6 Å². The van der Waals surface area contributed by atoms with E-state index in [4.69, 9.17) is 4.98 Å². The lowest BCUT2D eigenvalue weighted by Gasteiger charge is -2.30. The van der Waals surface area contributed by atoms with Gasteiger partial charge in [0, 0.05) is 11.8 Å². The lowest BCUT2D eigenvalue weighted by atomic mass is 9.92. The zero-order valence-corrected chi connectivity index (χ0v) is 14.2. The van der Waals surface area contributed by atoms with E-state index in [1.807, 2.05) is 57.2 Å². The Bertz CT molecular complexity index is 880. The summed E-state index contributed by atoms with van der Waals surface area (Å²) < 4.78 is 1.80. The van der Waals surface area contributed by atoms with Crippen LogP contribution in [0.3, 0.4) is 0 Å². The van der Waals surface area contributed by atoms with Crippen LogP contribution >= 0.6 is 0 Å². The van der Waals surface area contributed by atoms with Gasteiger partial charge < -0.3 is 5.11 Å². The second-order valence-electron chi connectivity index (χ2n) is 6.04. The Morgan fingerprint density at radius 1 is 1.21 bits per heavy atom. The Morgan fingerprint density at radius 3 is 2.46 bits per heavy atom. The average Bonchev–Trinajstić information content (AvgIpc) is 2.96. The van der Waals surface area contributed by atoms with E-state index in [-0.39, 0.29) is 0 Å². The Balaban J connectivity index is 2.42. The Kier molecular flexibility index (Phi) is 4.09. The van der Waals surface area contributed by atoms with Crippen LogP contribution in [0.4, 0.5) is 0 Å². The molecule has 2 heterocycles. The van der Waals surface area contributed by atoms with Gasteiger partial charge in [-0.3, -0.25) is 4.57 Å². The number of fused-ring (bicyclic) bond motifs is 1. The molecule has 3 aromatic rings. The van der Waals surface area contributed by atoms with Gasteiger partial charge in [0.05, 0.1) is 0 Å². The van der Waals surface area contributed by atoms with Gasteiger partial charge in [0.25, 0.3) is 0 Å². The molecule has 0 radical (unpaired) electrons. The van der Waals surface area contributed by atoms with E-state index in [9.17, 15) is 9.90 Å². The lowest BCUT2D eigenvalue weighted by Crippen LogP contribution is -2.41. The van der Waals surface area contributed by atoms with E-state index in [1.54, 1.807) is 10.8 Å². The Labute approximate surface area is 141 Å². The number of nitrogens with zero attached hydrogens (tertiary/aromatic N) is 3. The summed E-state index contributed by atoms with van der Waals surface area (Å²) in [5.41, 5.74) is 2.16. The van der Waals surface area contributed by atoms with Crippen LogP contribution in [0, 0.1) is 6.92 Å². The van der Waals surface area contributed by atoms with Crippen molar-refractivity contribution in [2.45, 2.75) is 39.2 Å². The van der Waals surface area contributed by atoms with Gasteiger partial charge in [-0.2, -0.15) is 0 Å². The van der Waals surface area contributed by atoms with Crippen LogP contribution in [0.5, 0.6) is 0 Å². The lowest BCUT2D eigenvalue weighted by molar-refractivity contribution is -0.147. The maximum Gasteiger partial charge on any atom is 0.329 e. The molecule has 0 saturated heterocycles. The first-order chi connectivity index (χ1) is 11.5. The van der Waals surface area contributed by atoms with Crippen molar-refractivity contribution in [3.8, 4) is 11.4 Å². The van der Waals surface area contributed by atoms with E-state index in [2.05, 4.69) is 4.98 Å². The summed E-state index contributed by atoms with van der Waals surface area (Å²) in [7, 11) is 0. The standard InChI is InChI=1S/C19H21N3O2/c1-4-19(5-2,18(23)24)22-16(14-9-7-6-8-10-14)21-15-11-13(3)12-20-17(15)22/h6-12H,4-5H2,1-3H3,(H,23,24). The number of aliphatic carboxylic acids is 1. The summed E-state index contributed by atoms with van der Waals surface area (Å²) in [6.07, 6.45) is 2.67. The van der Waals surface area contributed by atoms with Gasteiger partial charge in [-0.1, -0.05) is 44.2 Å². The topological polar surface area (TPSA) is 68.0 Å². The molecule has 0 amide bonds. The third-order valence-corrected chi connectivity index (χ3v) is 4.66. The molecule has 5 nitrogen and oxygen atoms in total. The van der Waals surface area contributed by atoms with Crippen molar-refractivity contribution in [1.82, 2.24) is 14.5 Å². The first-order valence-corrected chi connectivity index (χ1v) is 8.18. The summed E-state index contributed by atoms with van der Waals surface area (Å²) in [5.74, 6) is -0.207. The monoisotopic (exact) mass is 323 g/mol. The molecule has 3 rings (SSSR count). The zero-order valence-electron chi connectivity index (χ0n) is 14.2. The highest BCUT2D eigenvalue weighted by molar-refractivity contribution is 5.84. The van der Waals surface area contributed by atoms with Gasteiger partial charge in [-0.25, -0.2) is 14.8 Å². The molecule has 0 atom stereocenters. The number of pyridine rings is 1. The summed E-state index contributed by atoms with van der Waals surface area (Å²) >= 11 is 0. The number of carbonyl (C=O) groups is 1. The molecule has 24 heavy (non-hydrogen) atoms. The van der Waals surface area contributed by atoms with Crippen molar-refractivity contribution in [2.24, 2.45) is 0 Å². The van der Waals surface area contributed by atoms with Crippen molar-refractivity contribution in [2.75, 3.05) is 0 Å². The first kappa shape index (κ1) is 16.2. The minimum absolute atomic E-state index is 0.458. The van der Waals surface area contributed by atoms with Crippen molar-refractivity contribution >= 4 is 17.1 Å². The minimum Gasteiger partial charge on any atom is -0.479 e. The summed E-state index contributed by atoms with van der Waals surface area (Å²) in [4.78, 5) is 21.4. The van der Waals surface area contributed by atoms with E-state index in [0.29, 0.717) is 24.3 Å². The molecule has 2 aromatic heterocycles. The van der Waals surface area contributed by atoms with E-state index >= 15 is 0 Å². The van der Waals surface area contributed by atoms with Crippen molar-refractivity contribution < 1.29 is 9.90 Å². The molecule has 0 unspecified atom stereocenters.